The second-order valence-corrected chi connectivity index (χ2v) is 8.58. The lowest BCUT2D eigenvalue weighted by atomic mass is 9.70. The minimum atomic E-state index is 0.0863. The van der Waals surface area contributed by atoms with Crippen LogP contribution in [0.1, 0.15) is 50.8 Å². The highest BCUT2D eigenvalue weighted by molar-refractivity contribution is 5.84. The summed E-state index contributed by atoms with van der Waals surface area (Å²) in [6, 6.07) is 14.6. The van der Waals surface area contributed by atoms with Gasteiger partial charge in [0, 0.05) is 18.0 Å². The first-order valence-corrected chi connectivity index (χ1v) is 9.18. The average Bonchev–Trinajstić information content (AvgIpc) is 3.06. The lowest BCUT2D eigenvalue weighted by Gasteiger charge is -2.36. The summed E-state index contributed by atoms with van der Waals surface area (Å²) in [6.07, 6.45) is 2.31. The Bertz CT molecular complexity index is 1090. The highest BCUT2D eigenvalue weighted by Crippen LogP contribution is 2.66. The Labute approximate surface area is 147 Å². The Hall–Kier alpha value is -2.29. The van der Waals surface area contributed by atoms with Gasteiger partial charge in [0.05, 0.1) is 11.4 Å². The Kier molecular flexibility index (Phi) is 2.67. The molecule has 0 aliphatic heterocycles. The van der Waals surface area contributed by atoms with Crippen LogP contribution in [-0.2, 0) is 12.5 Å². The Morgan fingerprint density at radius 2 is 1.76 bits per heavy atom. The number of fused-ring (bicyclic) bond motifs is 6. The van der Waals surface area contributed by atoms with Gasteiger partial charge in [0.15, 0.2) is 0 Å². The Morgan fingerprint density at radius 3 is 2.48 bits per heavy atom. The number of hydrogen-bond donors (Lipinski definition) is 0. The molecule has 0 spiro atoms. The molecule has 2 atom stereocenters. The van der Waals surface area contributed by atoms with Gasteiger partial charge in [-0.25, -0.2) is 4.68 Å². The van der Waals surface area contributed by atoms with Gasteiger partial charge in [-0.2, -0.15) is 0 Å². The molecule has 5 rings (SSSR count). The SMILES string of the molecule is Cn1c2c(c(=O)n1-c1ccc3ccccc3c1)C1CC[C@@]2(C)C1(C)C. The molecule has 25 heavy (non-hydrogen) atoms. The highest BCUT2D eigenvalue weighted by atomic mass is 16.1. The maximum absolute atomic E-state index is 13.4. The molecule has 3 aromatic rings. The molecular weight excluding hydrogens is 308 g/mol. The third kappa shape index (κ3) is 1.60. The van der Waals surface area contributed by atoms with E-state index in [9.17, 15) is 4.79 Å². The van der Waals surface area contributed by atoms with Crippen molar-refractivity contribution in [3.8, 4) is 5.69 Å². The van der Waals surface area contributed by atoms with Crippen molar-refractivity contribution in [3.63, 3.8) is 0 Å². The van der Waals surface area contributed by atoms with Crippen molar-refractivity contribution in [2.75, 3.05) is 0 Å². The molecule has 2 bridgehead atoms. The van der Waals surface area contributed by atoms with Crippen LogP contribution >= 0.6 is 0 Å². The van der Waals surface area contributed by atoms with Crippen LogP contribution in [0.4, 0.5) is 0 Å². The number of aromatic nitrogens is 2. The minimum Gasteiger partial charge on any atom is -0.284 e. The standard InChI is InChI=1S/C22H24N2O/c1-21(2)17-11-12-22(21,3)19-18(17)20(25)24(23(19)4)16-10-9-14-7-5-6-8-15(14)13-16/h5-10,13,17H,11-12H2,1-4H3/t17?,22-/m1/s1. The maximum Gasteiger partial charge on any atom is 0.275 e. The second kappa shape index (κ2) is 4.46. The van der Waals surface area contributed by atoms with Crippen LogP contribution in [0, 0.1) is 5.41 Å². The number of benzene rings is 2. The summed E-state index contributed by atoms with van der Waals surface area (Å²) < 4.78 is 4.01. The molecule has 2 aliphatic rings. The first kappa shape index (κ1) is 15.0. The summed E-state index contributed by atoms with van der Waals surface area (Å²) in [7, 11) is 2.05. The van der Waals surface area contributed by atoms with E-state index in [0.717, 1.165) is 17.7 Å². The van der Waals surface area contributed by atoms with Gasteiger partial charge in [0.1, 0.15) is 0 Å². The smallest absolute Gasteiger partial charge is 0.275 e. The zero-order valence-electron chi connectivity index (χ0n) is 15.3. The van der Waals surface area contributed by atoms with E-state index in [1.54, 1.807) is 0 Å². The lowest BCUT2D eigenvalue weighted by molar-refractivity contribution is 0.218. The van der Waals surface area contributed by atoms with Gasteiger partial charge in [0.25, 0.3) is 5.56 Å². The number of hydrogen-bond acceptors (Lipinski definition) is 1. The predicted molar refractivity (Wildman–Crippen MR) is 102 cm³/mol. The highest BCUT2D eigenvalue weighted by Gasteiger charge is 2.62. The molecule has 1 saturated carbocycles. The van der Waals surface area contributed by atoms with Gasteiger partial charge >= 0.3 is 0 Å². The fourth-order valence-corrected chi connectivity index (χ4v) is 5.62. The first-order valence-electron chi connectivity index (χ1n) is 9.18. The molecule has 2 aromatic carbocycles. The van der Waals surface area contributed by atoms with E-state index in [1.807, 2.05) is 16.8 Å². The fraction of sp³-hybridized carbons (Fsp3) is 0.409. The van der Waals surface area contributed by atoms with Gasteiger partial charge in [-0.1, -0.05) is 51.1 Å². The molecule has 0 saturated heterocycles. The first-order chi connectivity index (χ1) is 11.9. The van der Waals surface area contributed by atoms with Gasteiger partial charge in [-0.05, 0) is 47.1 Å². The van der Waals surface area contributed by atoms with Crippen LogP contribution in [0.5, 0.6) is 0 Å². The van der Waals surface area contributed by atoms with Crippen molar-refractivity contribution in [2.24, 2.45) is 12.5 Å². The number of nitrogens with zero attached hydrogens (tertiary/aromatic N) is 2. The molecule has 2 aliphatic carbocycles. The van der Waals surface area contributed by atoms with Crippen LogP contribution in [0.2, 0.25) is 0 Å². The molecule has 1 heterocycles. The topological polar surface area (TPSA) is 26.9 Å². The van der Waals surface area contributed by atoms with E-state index in [2.05, 4.69) is 62.8 Å². The van der Waals surface area contributed by atoms with Crippen LogP contribution in [0.15, 0.2) is 47.3 Å². The van der Waals surface area contributed by atoms with Crippen LogP contribution in [0.3, 0.4) is 0 Å². The summed E-state index contributed by atoms with van der Waals surface area (Å²) in [5.74, 6) is 0.382. The lowest BCUT2D eigenvalue weighted by Crippen LogP contribution is -2.35. The van der Waals surface area contributed by atoms with Gasteiger partial charge in [-0.15, -0.1) is 0 Å². The largest absolute Gasteiger partial charge is 0.284 e. The second-order valence-electron chi connectivity index (χ2n) is 8.58. The zero-order chi connectivity index (χ0) is 17.6. The molecule has 128 valence electrons. The maximum atomic E-state index is 13.4. The fourth-order valence-electron chi connectivity index (χ4n) is 5.62. The van der Waals surface area contributed by atoms with Gasteiger partial charge in [-0.3, -0.25) is 9.48 Å². The third-order valence-electron chi connectivity index (χ3n) is 7.38. The predicted octanol–water partition coefficient (Wildman–Crippen LogP) is 4.50. The summed E-state index contributed by atoms with van der Waals surface area (Å²) in [5, 5.41) is 2.37. The normalized spacial score (nSPS) is 26.3. The van der Waals surface area contributed by atoms with Crippen molar-refractivity contribution in [1.82, 2.24) is 9.36 Å². The molecule has 1 aromatic heterocycles. The number of rotatable bonds is 1. The van der Waals surface area contributed by atoms with Gasteiger partial charge < -0.3 is 0 Å². The van der Waals surface area contributed by atoms with Crippen molar-refractivity contribution < 1.29 is 0 Å². The van der Waals surface area contributed by atoms with Crippen LogP contribution < -0.4 is 5.56 Å². The molecule has 3 nitrogen and oxygen atoms in total. The molecule has 0 radical (unpaired) electrons. The van der Waals surface area contributed by atoms with Crippen LogP contribution in [0.25, 0.3) is 16.5 Å². The summed E-state index contributed by atoms with van der Waals surface area (Å²) in [4.78, 5) is 13.4. The van der Waals surface area contributed by atoms with Crippen molar-refractivity contribution >= 4 is 10.8 Å². The Balaban J connectivity index is 1.79. The molecule has 3 heteroatoms. The van der Waals surface area contributed by atoms with E-state index in [-0.39, 0.29) is 16.4 Å². The quantitative estimate of drug-likeness (QED) is 0.644. The molecule has 1 unspecified atom stereocenters. The van der Waals surface area contributed by atoms with E-state index in [1.165, 1.54) is 22.9 Å². The summed E-state index contributed by atoms with van der Waals surface area (Å²) in [6.45, 7) is 7.03. The average molecular weight is 332 g/mol. The van der Waals surface area contributed by atoms with Crippen molar-refractivity contribution in [1.29, 1.82) is 0 Å². The molecule has 0 amide bonds. The molecular formula is C22H24N2O. The third-order valence-corrected chi connectivity index (χ3v) is 7.38. The summed E-state index contributed by atoms with van der Waals surface area (Å²) in [5.41, 5.74) is 3.71. The zero-order valence-corrected chi connectivity index (χ0v) is 15.3. The molecule has 1 fully saturated rings. The van der Waals surface area contributed by atoms with Crippen LogP contribution in [-0.4, -0.2) is 9.36 Å². The van der Waals surface area contributed by atoms with Crippen molar-refractivity contribution in [2.45, 2.75) is 44.9 Å². The van der Waals surface area contributed by atoms with Crippen molar-refractivity contribution in [3.05, 3.63) is 64.1 Å². The summed E-state index contributed by atoms with van der Waals surface area (Å²) >= 11 is 0. The van der Waals surface area contributed by atoms with Gasteiger partial charge in [0.2, 0.25) is 0 Å². The Morgan fingerprint density at radius 1 is 1.04 bits per heavy atom. The van der Waals surface area contributed by atoms with E-state index in [0.29, 0.717) is 5.92 Å². The van der Waals surface area contributed by atoms with E-state index in [4.69, 9.17) is 0 Å². The minimum absolute atomic E-state index is 0.0863. The van der Waals surface area contributed by atoms with E-state index >= 15 is 0 Å². The molecule has 0 N–H and O–H groups in total. The monoisotopic (exact) mass is 332 g/mol. The van der Waals surface area contributed by atoms with E-state index < -0.39 is 0 Å².